The van der Waals surface area contributed by atoms with Crippen LogP contribution in [-0.2, 0) is 0 Å². The molecule has 12 aromatic rings. The van der Waals surface area contributed by atoms with Gasteiger partial charge in [-0.2, -0.15) is 0 Å². The number of nitrogens with zero attached hydrogens (tertiary/aromatic N) is 1. The van der Waals surface area contributed by atoms with Crippen LogP contribution in [0.25, 0.3) is 105 Å². The van der Waals surface area contributed by atoms with Gasteiger partial charge in [0.05, 0.1) is 22.1 Å². The average molecular weight is 768 g/mol. The molecule has 0 amide bonds. The Kier molecular flexibility index (Phi) is 6.31. The highest BCUT2D eigenvalue weighted by Crippen LogP contribution is 2.46. The van der Waals surface area contributed by atoms with Gasteiger partial charge in [-0.25, -0.2) is 0 Å². The lowest BCUT2D eigenvalue weighted by Crippen LogP contribution is -2.53. The van der Waals surface area contributed by atoms with Crippen molar-refractivity contribution in [3.05, 3.63) is 182 Å². The van der Waals surface area contributed by atoms with Gasteiger partial charge in [-0.05, 0) is 89.0 Å². The summed E-state index contributed by atoms with van der Waals surface area (Å²) in [7, 11) is 0. The summed E-state index contributed by atoms with van der Waals surface area (Å²) in [5.41, 5.74) is 15.2. The molecular formula is C54H30BNO4. The Balaban J connectivity index is 0.957. The van der Waals surface area contributed by atoms with Crippen LogP contribution in [0.4, 0.5) is 0 Å². The van der Waals surface area contributed by atoms with E-state index in [9.17, 15) is 0 Å². The van der Waals surface area contributed by atoms with E-state index in [0.29, 0.717) is 0 Å². The zero-order valence-corrected chi connectivity index (χ0v) is 32.0. The Bertz CT molecular complexity index is 3760. The minimum atomic E-state index is -0.377. The maximum atomic E-state index is 7.00. The van der Waals surface area contributed by atoms with Gasteiger partial charge in [-0.3, -0.25) is 0 Å². The minimum Gasteiger partial charge on any atom is -0.551 e. The van der Waals surface area contributed by atoms with Crippen LogP contribution < -0.4 is 20.3 Å². The van der Waals surface area contributed by atoms with Gasteiger partial charge in [0.1, 0.15) is 39.6 Å². The monoisotopic (exact) mass is 767 g/mol. The molecule has 0 atom stereocenters. The van der Waals surface area contributed by atoms with Crippen molar-refractivity contribution >= 4 is 83.5 Å². The van der Waals surface area contributed by atoms with Crippen molar-refractivity contribution in [3.63, 3.8) is 0 Å². The summed E-state index contributed by atoms with van der Waals surface area (Å²) >= 11 is 0. The van der Waals surface area contributed by atoms with Gasteiger partial charge in [-0.15, -0.1) is 0 Å². The van der Waals surface area contributed by atoms with Crippen LogP contribution in [0.1, 0.15) is 0 Å². The first-order chi connectivity index (χ1) is 29.7. The zero-order valence-electron chi connectivity index (χ0n) is 32.0. The Morgan fingerprint density at radius 3 is 1.97 bits per heavy atom. The Hall–Kier alpha value is -7.96. The van der Waals surface area contributed by atoms with Crippen LogP contribution in [0.15, 0.2) is 191 Å². The maximum Gasteiger partial charge on any atom is 0.434 e. The second-order valence-corrected chi connectivity index (χ2v) is 15.9. The van der Waals surface area contributed by atoms with Crippen LogP contribution in [0.3, 0.4) is 0 Å². The summed E-state index contributed by atoms with van der Waals surface area (Å²) in [5.74, 6) is 2.43. The van der Waals surface area contributed by atoms with E-state index in [2.05, 4.69) is 162 Å². The molecule has 278 valence electrons. The number of furan rings is 2. The van der Waals surface area contributed by atoms with Crippen LogP contribution in [0.2, 0.25) is 0 Å². The topological polar surface area (TPSA) is 49.7 Å². The predicted molar refractivity (Wildman–Crippen MR) is 244 cm³/mol. The molecule has 2 aliphatic heterocycles. The largest absolute Gasteiger partial charge is 0.551 e. The second kappa shape index (κ2) is 11.8. The third kappa shape index (κ3) is 4.31. The van der Waals surface area contributed by atoms with Crippen molar-refractivity contribution in [1.82, 2.24) is 4.57 Å². The van der Waals surface area contributed by atoms with E-state index >= 15 is 0 Å². The van der Waals surface area contributed by atoms with Crippen molar-refractivity contribution < 1.29 is 18.2 Å². The second-order valence-electron chi connectivity index (χ2n) is 15.9. The molecule has 5 nitrogen and oxygen atoms in total. The highest BCUT2D eigenvalue weighted by Gasteiger charge is 2.41. The Labute approximate surface area is 343 Å². The highest BCUT2D eigenvalue weighted by molar-refractivity contribution is 6.84. The van der Waals surface area contributed by atoms with Gasteiger partial charge in [0.15, 0.2) is 0 Å². The number of para-hydroxylation sites is 5. The van der Waals surface area contributed by atoms with E-state index in [0.717, 1.165) is 111 Å². The number of hydrogen-bond acceptors (Lipinski definition) is 4. The number of hydrogen-bond donors (Lipinski definition) is 0. The van der Waals surface area contributed by atoms with Gasteiger partial charge in [-0.1, -0.05) is 115 Å². The number of benzene rings is 9. The summed E-state index contributed by atoms with van der Waals surface area (Å²) in [4.78, 5) is 0. The van der Waals surface area contributed by atoms with Crippen molar-refractivity contribution in [1.29, 1.82) is 0 Å². The fourth-order valence-electron chi connectivity index (χ4n) is 10.1. The number of rotatable bonds is 3. The Morgan fingerprint density at radius 1 is 0.400 bits per heavy atom. The molecule has 3 aromatic heterocycles. The van der Waals surface area contributed by atoms with Crippen molar-refractivity contribution in [2.24, 2.45) is 0 Å². The molecule has 6 heteroatoms. The summed E-state index contributed by atoms with van der Waals surface area (Å²) in [6.07, 6.45) is 0. The van der Waals surface area contributed by atoms with Crippen LogP contribution in [0.5, 0.6) is 17.2 Å². The lowest BCUT2D eigenvalue weighted by Gasteiger charge is -2.33. The fraction of sp³-hybridized carbons (Fsp3) is 0. The summed E-state index contributed by atoms with van der Waals surface area (Å²) in [5, 5.41) is 6.64. The standard InChI is InChI=1S/C54H30BNO4/c1-6-18-42(56-43-19-7-2-13-35(43)36-14-3-8-20-44(36)56)33(12-1)32-28-40-38-16-5-10-22-46(38)60-55-41-29-31(24-26-47(41)57-50(30-32)53(40)55)34-17-11-23-48-51(34)52-49(58-48)27-25-39-37-15-4-9-21-45(37)59-54(39)52/h1-30H. The molecule has 2 aliphatic rings. The zero-order chi connectivity index (χ0) is 39.1. The van der Waals surface area contributed by atoms with Crippen LogP contribution in [-0.4, -0.2) is 11.5 Å². The van der Waals surface area contributed by atoms with Gasteiger partial charge in [0.2, 0.25) is 0 Å². The molecule has 0 fully saturated rings. The molecule has 9 aromatic carbocycles. The maximum absolute atomic E-state index is 7.00. The SMILES string of the molecule is c1ccc2c(c1)OB1c3cc(-c4cccc5oc6ccc7c8ccccc8oc7c6c45)ccc3Oc3cc(-c4ccccc4-n4c5ccccc5c5ccccc54)cc-2c31. The minimum absolute atomic E-state index is 0.377. The third-order valence-electron chi connectivity index (χ3n) is 12.7. The van der Waals surface area contributed by atoms with Crippen LogP contribution in [0, 0.1) is 0 Å². The molecule has 0 spiro atoms. The molecule has 14 rings (SSSR count). The number of ether oxygens (including phenoxy) is 1. The van der Waals surface area contributed by atoms with E-state index in [1.807, 2.05) is 24.3 Å². The van der Waals surface area contributed by atoms with Gasteiger partial charge in [0, 0.05) is 49.0 Å². The highest BCUT2D eigenvalue weighted by atomic mass is 16.5. The predicted octanol–water partition coefficient (Wildman–Crippen LogP) is 13.2. The van der Waals surface area contributed by atoms with E-state index in [-0.39, 0.29) is 6.92 Å². The van der Waals surface area contributed by atoms with Gasteiger partial charge >= 0.3 is 6.92 Å². The van der Waals surface area contributed by atoms with E-state index < -0.39 is 0 Å². The molecule has 0 unspecified atom stereocenters. The average Bonchev–Trinajstić information content (AvgIpc) is 3.98. The fourth-order valence-corrected chi connectivity index (χ4v) is 10.1. The number of aromatic nitrogens is 1. The van der Waals surface area contributed by atoms with Crippen LogP contribution >= 0.6 is 0 Å². The smallest absolute Gasteiger partial charge is 0.434 e. The first kappa shape index (κ1) is 32.1. The molecule has 0 saturated carbocycles. The summed E-state index contributed by atoms with van der Waals surface area (Å²) in [6, 6.07) is 64.0. The molecule has 0 bridgehead atoms. The summed E-state index contributed by atoms with van der Waals surface area (Å²) in [6.45, 7) is -0.377. The summed E-state index contributed by atoms with van der Waals surface area (Å²) < 4.78 is 29.4. The molecule has 5 heterocycles. The molecule has 0 N–H and O–H groups in total. The van der Waals surface area contributed by atoms with Crippen molar-refractivity contribution in [2.45, 2.75) is 0 Å². The van der Waals surface area contributed by atoms with E-state index in [1.165, 1.54) is 21.8 Å². The van der Waals surface area contributed by atoms with Gasteiger partial charge in [0.25, 0.3) is 0 Å². The molecule has 0 saturated heterocycles. The van der Waals surface area contributed by atoms with Crippen molar-refractivity contribution in [3.8, 4) is 56.3 Å². The molecular weight excluding hydrogens is 737 g/mol. The molecule has 60 heavy (non-hydrogen) atoms. The normalized spacial score (nSPS) is 12.9. The van der Waals surface area contributed by atoms with Crippen molar-refractivity contribution in [2.75, 3.05) is 0 Å². The van der Waals surface area contributed by atoms with E-state index in [1.54, 1.807) is 0 Å². The first-order valence-corrected chi connectivity index (χ1v) is 20.3. The molecule has 0 radical (unpaired) electrons. The first-order valence-electron chi connectivity index (χ1n) is 20.3. The van der Waals surface area contributed by atoms with E-state index in [4.69, 9.17) is 18.2 Å². The van der Waals surface area contributed by atoms with Gasteiger partial charge < -0.3 is 22.8 Å². The Morgan fingerprint density at radius 2 is 1.10 bits per heavy atom. The lowest BCUT2D eigenvalue weighted by atomic mass is 9.50. The third-order valence-corrected chi connectivity index (χ3v) is 12.7. The quantitative estimate of drug-likeness (QED) is 0.168. The molecule has 0 aliphatic carbocycles. The number of fused-ring (bicyclic) bond motifs is 14. The lowest BCUT2D eigenvalue weighted by molar-refractivity contribution is 0.479.